The quantitative estimate of drug-likeness (QED) is 0.904. The van der Waals surface area contributed by atoms with Gasteiger partial charge in [0.25, 0.3) is 0 Å². The van der Waals surface area contributed by atoms with Crippen molar-refractivity contribution in [1.29, 1.82) is 0 Å². The Hall–Kier alpha value is -0.490. The van der Waals surface area contributed by atoms with Crippen molar-refractivity contribution >= 4 is 11.3 Å². The Kier molecular flexibility index (Phi) is 5.50. The molecule has 0 saturated carbocycles. The molecule has 0 radical (unpaired) electrons. The molecule has 2 aliphatic rings. The number of ether oxygens (including phenoxy) is 1. The number of hydrogen-bond acceptors (Lipinski definition) is 5. The average Bonchev–Trinajstić information content (AvgIpc) is 2.97. The number of nitrogens with one attached hydrogen (secondary N) is 1. The van der Waals surface area contributed by atoms with Crippen molar-refractivity contribution in [2.75, 3.05) is 26.3 Å². The third-order valence-electron chi connectivity index (χ3n) is 4.94. The SMILES string of the molecule is C[C@H](NC[C@@H](C)N1CCOC[C@H]1C)c1nc2c(s1)CCCC2. The Morgan fingerprint density at radius 1 is 1.36 bits per heavy atom. The molecule has 1 N–H and O–H groups in total. The van der Waals surface area contributed by atoms with E-state index in [-0.39, 0.29) is 0 Å². The maximum absolute atomic E-state index is 5.53. The van der Waals surface area contributed by atoms with Gasteiger partial charge in [0.1, 0.15) is 5.01 Å². The van der Waals surface area contributed by atoms with Crippen molar-refractivity contribution in [3.63, 3.8) is 0 Å². The van der Waals surface area contributed by atoms with Gasteiger partial charge in [-0.2, -0.15) is 0 Å². The van der Waals surface area contributed by atoms with Crippen molar-refractivity contribution in [3.05, 3.63) is 15.6 Å². The molecule has 0 unspecified atom stereocenters. The smallest absolute Gasteiger partial charge is 0.110 e. The first-order valence-electron chi connectivity index (χ1n) is 8.70. The normalized spacial score (nSPS) is 25.7. The summed E-state index contributed by atoms with van der Waals surface area (Å²) in [4.78, 5) is 8.96. The Morgan fingerprint density at radius 2 is 2.18 bits per heavy atom. The number of rotatable bonds is 5. The fraction of sp³-hybridized carbons (Fsp3) is 0.824. The van der Waals surface area contributed by atoms with Crippen LogP contribution in [0.4, 0.5) is 0 Å². The second kappa shape index (κ2) is 7.39. The molecule has 0 bridgehead atoms. The first-order valence-corrected chi connectivity index (χ1v) is 9.52. The monoisotopic (exact) mass is 323 g/mol. The highest BCUT2D eigenvalue weighted by atomic mass is 32.1. The molecule has 1 fully saturated rings. The van der Waals surface area contributed by atoms with E-state index in [1.54, 1.807) is 0 Å². The summed E-state index contributed by atoms with van der Waals surface area (Å²) >= 11 is 1.92. The minimum Gasteiger partial charge on any atom is -0.379 e. The molecule has 3 rings (SSSR count). The molecule has 5 heteroatoms. The molecule has 1 saturated heterocycles. The molecule has 0 amide bonds. The Labute approximate surface area is 138 Å². The van der Waals surface area contributed by atoms with E-state index >= 15 is 0 Å². The number of aromatic nitrogens is 1. The van der Waals surface area contributed by atoms with Gasteiger partial charge in [0.15, 0.2) is 0 Å². The lowest BCUT2D eigenvalue weighted by molar-refractivity contribution is -0.0184. The number of morpholine rings is 1. The van der Waals surface area contributed by atoms with Gasteiger partial charge in [0.05, 0.1) is 24.9 Å². The molecule has 2 heterocycles. The van der Waals surface area contributed by atoms with E-state index in [1.807, 2.05) is 11.3 Å². The van der Waals surface area contributed by atoms with Crippen LogP contribution >= 0.6 is 11.3 Å². The molecule has 1 aliphatic carbocycles. The zero-order valence-electron chi connectivity index (χ0n) is 14.1. The average molecular weight is 324 g/mol. The Morgan fingerprint density at radius 3 is 2.95 bits per heavy atom. The lowest BCUT2D eigenvalue weighted by atomic mass is 10.0. The first-order chi connectivity index (χ1) is 10.6. The molecule has 3 atom stereocenters. The highest BCUT2D eigenvalue weighted by Crippen LogP contribution is 2.29. The summed E-state index contributed by atoms with van der Waals surface area (Å²) in [6.45, 7) is 10.6. The van der Waals surface area contributed by atoms with Crippen LogP contribution in [0.3, 0.4) is 0 Å². The predicted octanol–water partition coefficient (Wildman–Crippen LogP) is 2.78. The summed E-state index contributed by atoms with van der Waals surface area (Å²) < 4.78 is 5.53. The van der Waals surface area contributed by atoms with Crippen LogP contribution in [0.1, 0.15) is 55.2 Å². The third kappa shape index (κ3) is 3.70. The summed E-state index contributed by atoms with van der Waals surface area (Å²) in [6.07, 6.45) is 5.06. The molecule has 0 spiro atoms. The van der Waals surface area contributed by atoms with Gasteiger partial charge in [-0.3, -0.25) is 4.90 Å². The molecule has 22 heavy (non-hydrogen) atoms. The van der Waals surface area contributed by atoms with E-state index in [2.05, 4.69) is 31.0 Å². The molecular weight excluding hydrogens is 294 g/mol. The van der Waals surface area contributed by atoms with E-state index in [4.69, 9.17) is 9.72 Å². The minimum absolute atomic E-state index is 0.356. The second-order valence-electron chi connectivity index (χ2n) is 6.77. The number of nitrogens with zero attached hydrogens (tertiary/aromatic N) is 2. The fourth-order valence-electron chi connectivity index (χ4n) is 3.50. The van der Waals surface area contributed by atoms with Gasteiger partial charge in [-0.25, -0.2) is 4.98 Å². The maximum atomic E-state index is 5.53. The largest absolute Gasteiger partial charge is 0.379 e. The van der Waals surface area contributed by atoms with Gasteiger partial charge < -0.3 is 10.1 Å². The van der Waals surface area contributed by atoms with Crippen LogP contribution < -0.4 is 5.32 Å². The number of aryl methyl sites for hydroxylation is 2. The summed E-state index contributed by atoms with van der Waals surface area (Å²) in [6, 6.07) is 1.42. The summed E-state index contributed by atoms with van der Waals surface area (Å²) in [5, 5.41) is 4.96. The van der Waals surface area contributed by atoms with Gasteiger partial charge in [0, 0.05) is 30.1 Å². The predicted molar refractivity (Wildman–Crippen MR) is 91.6 cm³/mol. The van der Waals surface area contributed by atoms with Gasteiger partial charge in [-0.15, -0.1) is 11.3 Å². The summed E-state index contributed by atoms with van der Waals surface area (Å²) in [7, 11) is 0. The van der Waals surface area contributed by atoms with Crippen molar-refractivity contribution in [2.24, 2.45) is 0 Å². The Bertz CT molecular complexity index is 467. The van der Waals surface area contributed by atoms with Crippen LogP contribution in [0.25, 0.3) is 0 Å². The van der Waals surface area contributed by atoms with E-state index in [1.165, 1.54) is 41.3 Å². The second-order valence-corrected chi connectivity index (χ2v) is 7.89. The molecule has 1 aromatic heterocycles. The van der Waals surface area contributed by atoms with Crippen LogP contribution in [-0.4, -0.2) is 48.3 Å². The van der Waals surface area contributed by atoms with Crippen LogP contribution in [0, 0.1) is 0 Å². The summed E-state index contributed by atoms with van der Waals surface area (Å²) in [5.74, 6) is 0. The van der Waals surface area contributed by atoms with Gasteiger partial charge >= 0.3 is 0 Å². The van der Waals surface area contributed by atoms with Crippen LogP contribution in [0.5, 0.6) is 0 Å². The minimum atomic E-state index is 0.356. The number of hydrogen-bond donors (Lipinski definition) is 1. The number of thiazole rings is 1. The Balaban J connectivity index is 1.53. The van der Waals surface area contributed by atoms with Crippen molar-refractivity contribution in [2.45, 2.75) is 64.6 Å². The van der Waals surface area contributed by atoms with E-state index < -0.39 is 0 Å². The van der Waals surface area contributed by atoms with Crippen molar-refractivity contribution in [3.8, 4) is 0 Å². The van der Waals surface area contributed by atoms with Gasteiger partial charge in [0.2, 0.25) is 0 Å². The van der Waals surface area contributed by atoms with Crippen LogP contribution in [-0.2, 0) is 17.6 Å². The molecule has 0 aromatic carbocycles. The molecular formula is C17H29N3OS. The lowest BCUT2D eigenvalue weighted by Gasteiger charge is -2.38. The van der Waals surface area contributed by atoms with Gasteiger partial charge in [-0.1, -0.05) is 0 Å². The van der Waals surface area contributed by atoms with Crippen molar-refractivity contribution in [1.82, 2.24) is 15.2 Å². The van der Waals surface area contributed by atoms with Crippen LogP contribution in [0.15, 0.2) is 0 Å². The van der Waals surface area contributed by atoms with E-state index in [0.717, 1.165) is 26.3 Å². The standard InChI is InChI=1S/C17H29N3OS/c1-12(20-8-9-21-11-13(20)2)10-18-14(3)17-19-15-6-4-5-7-16(15)22-17/h12-14,18H,4-11H2,1-3H3/t12-,13-,14+/m1/s1. The van der Waals surface area contributed by atoms with Crippen molar-refractivity contribution < 1.29 is 4.74 Å². The van der Waals surface area contributed by atoms with E-state index in [0.29, 0.717) is 18.1 Å². The van der Waals surface area contributed by atoms with Crippen LogP contribution in [0.2, 0.25) is 0 Å². The topological polar surface area (TPSA) is 37.4 Å². The fourth-order valence-corrected chi connectivity index (χ4v) is 4.68. The zero-order chi connectivity index (χ0) is 15.5. The lowest BCUT2D eigenvalue weighted by Crippen LogP contribution is -2.51. The highest BCUT2D eigenvalue weighted by molar-refractivity contribution is 7.11. The number of fused-ring (bicyclic) bond motifs is 1. The molecule has 1 aromatic rings. The molecule has 124 valence electrons. The van der Waals surface area contributed by atoms with Gasteiger partial charge in [-0.05, 0) is 46.5 Å². The van der Waals surface area contributed by atoms with E-state index in [9.17, 15) is 0 Å². The third-order valence-corrected chi connectivity index (χ3v) is 6.28. The zero-order valence-corrected chi connectivity index (χ0v) is 14.9. The highest BCUT2D eigenvalue weighted by Gasteiger charge is 2.24. The molecule has 4 nitrogen and oxygen atoms in total. The maximum Gasteiger partial charge on any atom is 0.110 e. The molecule has 1 aliphatic heterocycles. The first kappa shape index (κ1) is 16.4. The summed E-state index contributed by atoms with van der Waals surface area (Å²) in [5.41, 5.74) is 1.37.